The molecule has 0 aliphatic rings. The van der Waals surface area contributed by atoms with Crippen molar-refractivity contribution in [2.24, 2.45) is 5.10 Å². The zero-order valence-electron chi connectivity index (χ0n) is 17.0. The molecule has 1 amide bonds. The highest BCUT2D eigenvalue weighted by molar-refractivity contribution is 5.94. The summed E-state index contributed by atoms with van der Waals surface area (Å²) < 4.78 is 16.3. The van der Waals surface area contributed by atoms with Gasteiger partial charge in [0.15, 0.2) is 0 Å². The molecule has 0 aliphatic carbocycles. The summed E-state index contributed by atoms with van der Waals surface area (Å²) in [5.74, 6) is 2.06. The van der Waals surface area contributed by atoms with E-state index in [1.165, 1.54) is 0 Å². The van der Waals surface area contributed by atoms with E-state index in [-0.39, 0.29) is 5.91 Å². The van der Waals surface area contributed by atoms with Gasteiger partial charge >= 0.3 is 0 Å². The number of hydrogen-bond acceptors (Lipinski definition) is 5. The molecular weight excluding hydrogens is 380 g/mol. The highest BCUT2D eigenvalue weighted by atomic mass is 16.5. The van der Waals surface area contributed by atoms with Crippen LogP contribution in [0.25, 0.3) is 0 Å². The molecule has 30 heavy (non-hydrogen) atoms. The molecule has 0 aliphatic heterocycles. The van der Waals surface area contributed by atoms with E-state index in [4.69, 9.17) is 14.2 Å². The fraction of sp³-hybridized carbons (Fsp3) is 0.167. The molecular formula is C24H24N2O4. The van der Waals surface area contributed by atoms with E-state index in [1.807, 2.05) is 67.6 Å². The van der Waals surface area contributed by atoms with Crippen LogP contribution in [0.1, 0.15) is 28.4 Å². The monoisotopic (exact) mass is 404 g/mol. The summed E-state index contributed by atoms with van der Waals surface area (Å²) in [6.07, 6.45) is 1.58. The maximum absolute atomic E-state index is 12.2. The van der Waals surface area contributed by atoms with E-state index in [9.17, 15) is 4.79 Å². The summed E-state index contributed by atoms with van der Waals surface area (Å²) in [6.45, 7) is 2.99. The zero-order chi connectivity index (χ0) is 21.2. The smallest absolute Gasteiger partial charge is 0.271 e. The van der Waals surface area contributed by atoms with Gasteiger partial charge in [0.25, 0.3) is 5.91 Å². The lowest BCUT2D eigenvalue weighted by atomic mass is 10.1. The molecule has 6 heteroatoms. The Kier molecular flexibility index (Phi) is 7.44. The molecule has 3 aromatic rings. The Morgan fingerprint density at radius 1 is 0.867 bits per heavy atom. The number of carbonyl (C=O) groups excluding carboxylic acids is 1. The lowest BCUT2D eigenvalue weighted by Gasteiger charge is -2.08. The van der Waals surface area contributed by atoms with Gasteiger partial charge in [-0.3, -0.25) is 4.79 Å². The van der Waals surface area contributed by atoms with E-state index < -0.39 is 0 Å². The molecule has 0 unspecified atom stereocenters. The van der Waals surface area contributed by atoms with E-state index in [2.05, 4.69) is 10.5 Å². The second-order valence-corrected chi connectivity index (χ2v) is 6.36. The molecule has 0 spiro atoms. The largest absolute Gasteiger partial charge is 0.497 e. The van der Waals surface area contributed by atoms with Gasteiger partial charge in [-0.15, -0.1) is 0 Å². The number of benzene rings is 3. The third kappa shape index (κ3) is 6.10. The topological polar surface area (TPSA) is 69.2 Å². The molecule has 0 bridgehead atoms. The molecule has 0 aromatic heterocycles. The number of amides is 1. The first-order valence-corrected chi connectivity index (χ1v) is 9.60. The number of ether oxygens (including phenoxy) is 3. The van der Waals surface area contributed by atoms with Gasteiger partial charge in [0.1, 0.15) is 23.9 Å². The van der Waals surface area contributed by atoms with Crippen molar-refractivity contribution in [3.05, 3.63) is 89.5 Å². The summed E-state index contributed by atoms with van der Waals surface area (Å²) in [6, 6.07) is 22.1. The molecule has 0 radical (unpaired) electrons. The Labute approximate surface area is 176 Å². The molecule has 0 fully saturated rings. The van der Waals surface area contributed by atoms with Crippen LogP contribution in [0.4, 0.5) is 0 Å². The van der Waals surface area contributed by atoms with Gasteiger partial charge in [0, 0.05) is 5.56 Å². The average Bonchev–Trinajstić information content (AvgIpc) is 2.79. The first-order chi connectivity index (χ1) is 14.7. The van der Waals surface area contributed by atoms with Crippen LogP contribution in [0, 0.1) is 0 Å². The van der Waals surface area contributed by atoms with Crippen molar-refractivity contribution in [2.75, 3.05) is 13.7 Å². The maximum atomic E-state index is 12.2. The number of nitrogens with one attached hydrogen (secondary N) is 1. The van der Waals surface area contributed by atoms with Crippen molar-refractivity contribution in [1.29, 1.82) is 0 Å². The van der Waals surface area contributed by atoms with Crippen LogP contribution in [-0.2, 0) is 6.61 Å². The molecule has 0 atom stereocenters. The summed E-state index contributed by atoms with van der Waals surface area (Å²) in [4.78, 5) is 12.2. The Bertz CT molecular complexity index is 966. The Hall–Kier alpha value is -3.80. The molecule has 3 rings (SSSR count). The first kappa shape index (κ1) is 20.9. The predicted octanol–water partition coefficient (Wildman–Crippen LogP) is 4.44. The number of hydrogen-bond donors (Lipinski definition) is 1. The normalized spacial score (nSPS) is 10.6. The number of rotatable bonds is 9. The second-order valence-electron chi connectivity index (χ2n) is 6.36. The van der Waals surface area contributed by atoms with Gasteiger partial charge in [-0.25, -0.2) is 5.43 Å². The summed E-state index contributed by atoms with van der Waals surface area (Å²) in [5.41, 5.74) is 4.86. The Balaban J connectivity index is 1.49. The summed E-state index contributed by atoms with van der Waals surface area (Å²) >= 11 is 0. The van der Waals surface area contributed by atoms with Gasteiger partial charge in [0.2, 0.25) is 0 Å². The molecule has 0 saturated carbocycles. The van der Waals surface area contributed by atoms with Crippen LogP contribution in [0.3, 0.4) is 0 Å². The Morgan fingerprint density at radius 2 is 1.47 bits per heavy atom. The lowest BCUT2D eigenvalue weighted by molar-refractivity contribution is 0.0955. The fourth-order valence-electron chi connectivity index (χ4n) is 2.64. The summed E-state index contributed by atoms with van der Waals surface area (Å²) in [5, 5.41) is 3.99. The minimum absolute atomic E-state index is 0.279. The van der Waals surface area contributed by atoms with Gasteiger partial charge in [0.05, 0.1) is 19.9 Å². The molecule has 3 aromatic carbocycles. The van der Waals surface area contributed by atoms with Crippen molar-refractivity contribution in [2.45, 2.75) is 13.5 Å². The van der Waals surface area contributed by atoms with Crippen LogP contribution in [0.15, 0.2) is 77.9 Å². The van der Waals surface area contributed by atoms with Crippen LogP contribution in [0.5, 0.6) is 17.2 Å². The third-order valence-corrected chi connectivity index (χ3v) is 4.25. The van der Waals surface area contributed by atoms with Gasteiger partial charge in [-0.05, 0) is 78.7 Å². The van der Waals surface area contributed by atoms with E-state index in [1.54, 1.807) is 25.5 Å². The van der Waals surface area contributed by atoms with Gasteiger partial charge < -0.3 is 14.2 Å². The minimum Gasteiger partial charge on any atom is -0.497 e. The Morgan fingerprint density at radius 3 is 2.07 bits per heavy atom. The van der Waals surface area contributed by atoms with Crippen LogP contribution in [-0.4, -0.2) is 25.8 Å². The maximum Gasteiger partial charge on any atom is 0.271 e. The number of carbonyl (C=O) groups is 1. The van der Waals surface area contributed by atoms with Crippen LogP contribution in [0.2, 0.25) is 0 Å². The van der Waals surface area contributed by atoms with Gasteiger partial charge in [-0.1, -0.05) is 12.1 Å². The van der Waals surface area contributed by atoms with Crippen molar-refractivity contribution >= 4 is 12.1 Å². The summed E-state index contributed by atoms with van der Waals surface area (Å²) in [7, 11) is 1.61. The van der Waals surface area contributed by atoms with Crippen molar-refractivity contribution < 1.29 is 19.0 Å². The van der Waals surface area contributed by atoms with E-state index >= 15 is 0 Å². The highest BCUT2D eigenvalue weighted by Gasteiger charge is 2.05. The average molecular weight is 404 g/mol. The minimum atomic E-state index is -0.279. The molecule has 0 saturated heterocycles. The lowest BCUT2D eigenvalue weighted by Crippen LogP contribution is -2.17. The first-order valence-electron chi connectivity index (χ1n) is 9.60. The third-order valence-electron chi connectivity index (χ3n) is 4.25. The highest BCUT2D eigenvalue weighted by Crippen LogP contribution is 2.19. The molecule has 0 heterocycles. The van der Waals surface area contributed by atoms with Crippen LogP contribution < -0.4 is 19.6 Å². The standard InChI is InChI=1S/C24H24N2O4/c1-3-29-22-12-14-23(15-13-22)30-17-19-4-8-20(9-5-19)24(27)26-25-16-18-6-10-21(28-2)11-7-18/h4-16H,3,17H2,1-2H3,(H,26,27)/b25-16-. The van der Waals surface area contributed by atoms with Crippen LogP contribution >= 0.6 is 0 Å². The quantitative estimate of drug-likeness (QED) is 0.423. The van der Waals surface area contributed by atoms with Gasteiger partial charge in [-0.2, -0.15) is 5.10 Å². The molecule has 1 N–H and O–H groups in total. The fourth-order valence-corrected chi connectivity index (χ4v) is 2.64. The van der Waals surface area contributed by atoms with E-state index in [0.29, 0.717) is 18.8 Å². The number of nitrogens with zero attached hydrogens (tertiary/aromatic N) is 1. The molecule has 154 valence electrons. The van der Waals surface area contributed by atoms with Crippen molar-refractivity contribution in [3.8, 4) is 17.2 Å². The zero-order valence-corrected chi connectivity index (χ0v) is 17.0. The van der Waals surface area contributed by atoms with Crippen molar-refractivity contribution in [1.82, 2.24) is 5.43 Å². The number of hydrazone groups is 1. The second kappa shape index (κ2) is 10.7. The number of methoxy groups -OCH3 is 1. The van der Waals surface area contributed by atoms with Crippen molar-refractivity contribution in [3.63, 3.8) is 0 Å². The molecule has 6 nitrogen and oxygen atoms in total. The van der Waals surface area contributed by atoms with E-state index in [0.717, 1.165) is 28.4 Å². The SMILES string of the molecule is CCOc1ccc(OCc2ccc(C(=O)N/N=C\c3ccc(OC)cc3)cc2)cc1. The predicted molar refractivity (Wildman–Crippen MR) is 116 cm³/mol.